The molecule has 4 aromatic rings. The summed E-state index contributed by atoms with van der Waals surface area (Å²) in [6.07, 6.45) is -0.158. The molecule has 11 heteroatoms. The average molecular weight is 443 g/mol. The van der Waals surface area contributed by atoms with E-state index in [0.29, 0.717) is 28.9 Å². The quantitative estimate of drug-likeness (QED) is 0.480. The monoisotopic (exact) mass is 443 g/mol. The highest BCUT2D eigenvalue weighted by atomic mass is 19.4. The number of fused-ring (bicyclic) bond motifs is 1. The largest absolute Gasteiger partial charge is 0.573 e. The van der Waals surface area contributed by atoms with Crippen molar-refractivity contribution in [1.29, 1.82) is 0 Å². The maximum atomic E-state index is 12.9. The van der Waals surface area contributed by atoms with Crippen molar-refractivity contribution >= 4 is 17.2 Å². The lowest BCUT2D eigenvalue weighted by Crippen LogP contribution is -2.17. The molecule has 0 atom stereocenters. The van der Waals surface area contributed by atoms with Crippen molar-refractivity contribution in [1.82, 2.24) is 19.5 Å². The van der Waals surface area contributed by atoms with E-state index in [9.17, 15) is 18.0 Å². The van der Waals surface area contributed by atoms with Crippen LogP contribution in [0.1, 0.15) is 40.7 Å². The van der Waals surface area contributed by atoms with Crippen LogP contribution in [0.3, 0.4) is 0 Å². The van der Waals surface area contributed by atoms with E-state index in [2.05, 4.69) is 25.2 Å². The summed E-state index contributed by atoms with van der Waals surface area (Å²) in [5.41, 5.74) is 2.33. The predicted octanol–water partition coefficient (Wildman–Crippen LogP) is 4.72. The first-order valence-corrected chi connectivity index (χ1v) is 9.76. The van der Waals surface area contributed by atoms with Gasteiger partial charge in [0, 0.05) is 29.4 Å². The molecule has 0 bridgehead atoms. The Labute approximate surface area is 179 Å². The van der Waals surface area contributed by atoms with Gasteiger partial charge in [-0.1, -0.05) is 17.3 Å². The number of hydrogen-bond acceptors (Lipinski definition) is 6. The normalized spacial score (nSPS) is 14.0. The number of pyridine rings is 1. The van der Waals surface area contributed by atoms with Crippen molar-refractivity contribution in [3.8, 4) is 17.1 Å². The van der Waals surface area contributed by atoms with Crippen LogP contribution in [0.25, 0.3) is 17.0 Å². The highest BCUT2D eigenvalue weighted by Gasteiger charge is 2.31. The number of alkyl halides is 3. The third-order valence-electron chi connectivity index (χ3n) is 5.06. The first-order chi connectivity index (χ1) is 15.3. The number of halogens is 3. The van der Waals surface area contributed by atoms with Gasteiger partial charge in [0.1, 0.15) is 17.1 Å². The van der Waals surface area contributed by atoms with Gasteiger partial charge in [0.2, 0.25) is 11.7 Å². The zero-order valence-corrected chi connectivity index (χ0v) is 16.7. The average Bonchev–Trinajstić information content (AvgIpc) is 3.30. The molecule has 3 heterocycles. The van der Waals surface area contributed by atoms with Gasteiger partial charge in [0.05, 0.1) is 6.20 Å². The van der Waals surface area contributed by atoms with E-state index in [1.807, 2.05) is 19.1 Å². The summed E-state index contributed by atoms with van der Waals surface area (Å²) in [7, 11) is 0. The number of nitrogens with zero attached hydrogens (tertiary/aromatic N) is 4. The van der Waals surface area contributed by atoms with Gasteiger partial charge in [-0.05, 0) is 37.5 Å². The molecule has 3 aromatic heterocycles. The zero-order valence-electron chi connectivity index (χ0n) is 16.7. The molecule has 0 radical (unpaired) electrons. The van der Waals surface area contributed by atoms with E-state index in [1.165, 1.54) is 16.8 Å². The summed E-state index contributed by atoms with van der Waals surface area (Å²) >= 11 is 0. The number of carbonyl (C=O) groups excluding carboxylic acids is 1. The number of ether oxygens (including phenoxy) is 1. The Morgan fingerprint density at radius 1 is 1.25 bits per heavy atom. The second kappa shape index (κ2) is 7.36. The van der Waals surface area contributed by atoms with Crippen molar-refractivity contribution in [3.05, 3.63) is 59.9 Å². The number of carbonyl (C=O) groups is 1. The Kier molecular flexibility index (Phi) is 4.61. The summed E-state index contributed by atoms with van der Waals surface area (Å²) in [4.78, 5) is 21.3. The van der Waals surface area contributed by atoms with E-state index < -0.39 is 18.0 Å². The highest BCUT2D eigenvalue weighted by Crippen LogP contribution is 2.39. The lowest BCUT2D eigenvalue weighted by molar-refractivity contribution is -0.274. The lowest BCUT2D eigenvalue weighted by Gasteiger charge is -2.10. The summed E-state index contributed by atoms with van der Waals surface area (Å²) in [6.45, 7) is 1.83. The Bertz CT molecular complexity index is 1320. The molecule has 1 aliphatic rings. The fourth-order valence-corrected chi connectivity index (χ4v) is 3.26. The Balaban J connectivity index is 1.39. The number of aryl methyl sites for hydroxylation is 1. The molecule has 0 aliphatic heterocycles. The molecule has 0 unspecified atom stereocenters. The van der Waals surface area contributed by atoms with Crippen LogP contribution < -0.4 is 10.1 Å². The Hall–Kier alpha value is -3.89. The molecule has 0 saturated heterocycles. The van der Waals surface area contributed by atoms with E-state index in [1.54, 1.807) is 6.07 Å². The van der Waals surface area contributed by atoms with Crippen LogP contribution in [0.4, 0.5) is 18.9 Å². The SMILES string of the molecule is Cc1ccc(-c2noc(C3CC3)n2)cc1NC(=O)c1cnc2cc(OC(F)(F)F)ccn12. The lowest BCUT2D eigenvalue weighted by atomic mass is 10.1. The van der Waals surface area contributed by atoms with E-state index in [0.717, 1.165) is 30.5 Å². The minimum atomic E-state index is -4.81. The third-order valence-corrected chi connectivity index (χ3v) is 5.06. The van der Waals surface area contributed by atoms with Crippen LogP contribution in [0.2, 0.25) is 0 Å². The molecule has 0 spiro atoms. The van der Waals surface area contributed by atoms with Gasteiger partial charge in [0.15, 0.2) is 0 Å². The molecule has 1 aromatic carbocycles. The minimum absolute atomic E-state index is 0.141. The van der Waals surface area contributed by atoms with Gasteiger partial charge in [0.25, 0.3) is 5.91 Å². The van der Waals surface area contributed by atoms with Gasteiger partial charge in [-0.15, -0.1) is 13.2 Å². The maximum Gasteiger partial charge on any atom is 0.573 e. The third kappa shape index (κ3) is 4.01. The molecule has 1 saturated carbocycles. The van der Waals surface area contributed by atoms with Crippen molar-refractivity contribution in [2.45, 2.75) is 32.0 Å². The van der Waals surface area contributed by atoms with Gasteiger partial charge in [-0.3, -0.25) is 9.20 Å². The number of rotatable bonds is 5. The van der Waals surface area contributed by atoms with Crippen LogP contribution >= 0.6 is 0 Å². The van der Waals surface area contributed by atoms with Gasteiger partial charge in [-0.25, -0.2) is 4.98 Å². The van der Waals surface area contributed by atoms with Crippen molar-refractivity contribution in [2.75, 3.05) is 5.32 Å². The smallest absolute Gasteiger partial charge is 0.406 e. The summed E-state index contributed by atoms with van der Waals surface area (Å²) in [5.74, 6) is 0.490. The second-order valence-corrected chi connectivity index (χ2v) is 7.50. The van der Waals surface area contributed by atoms with Crippen molar-refractivity contribution in [3.63, 3.8) is 0 Å². The molecule has 1 aliphatic carbocycles. The molecule has 5 rings (SSSR count). The molecule has 1 N–H and O–H groups in total. The molecule has 1 fully saturated rings. The summed E-state index contributed by atoms with van der Waals surface area (Å²) in [6, 6.07) is 7.62. The molecular formula is C21H16F3N5O3. The summed E-state index contributed by atoms with van der Waals surface area (Å²) < 4.78 is 47.8. The van der Waals surface area contributed by atoms with Crippen LogP contribution in [0, 0.1) is 6.92 Å². The first kappa shape index (κ1) is 20.0. The van der Waals surface area contributed by atoms with Gasteiger partial charge in [-0.2, -0.15) is 4.98 Å². The molecule has 164 valence electrons. The number of amides is 1. The predicted molar refractivity (Wildman–Crippen MR) is 106 cm³/mol. The number of aromatic nitrogens is 4. The van der Waals surface area contributed by atoms with Gasteiger partial charge >= 0.3 is 6.36 Å². The molecular weight excluding hydrogens is 427 g/mol. The standard InChI is InChI=1S/C21H16F3N5O3/c1-11-2-3-13(18-27-20(32-28-18)12-4-5-12)8-15(11)26-19(30)16-10-25-17-9-14(6-7-29(16)17)31-21(22,23)24/h2-3,6-10,12H,4-5H2,1H3,(H,26,30). The van der Waals surface area contributed by atoms with Crippen LogP contribution in [-0.4, -0.2) is 31.8 Å². The Morgan fingerprint density at radius 2 is 2.06 bits per heavy atom. The molecule has 1 amide bonds. The van der Waals surface area contributed by atoms with E-state index >= 15 is 0 Å². The van der Waals surface area contributed by atoms with E-state index in [4.69, 9.17) is 4.52 Å². The fraction of sp³-hybridized carbons (Fsp3) is 0.238. The highest BCUT2D eigenvalue weighted by molar-refractivity contribution is 6.04. The number of imidazole rings is 1. The van der Waals surface area contributed by atoms with Crippen molar-refractivity contribution < 1.29 is 27.2 Å². The number of anilines is 1. The fourth-order valence-electron chi connectivity index (χ4n) is 3.26. The number of benzene rings is 1. The van der Waals surface area contributed by atoms with Crippen molar-refractivity contribution in [2.24, 2.45) is 0 Å². The second-order valence-electron chi connectivity index (χ2n) is 7.50. The van der Waals surface area contributed by atoms with E-state index in [-0.39, 0.29) is 11.3 Å². The number of hydrogen-bond donors (Lipinski definition) is 1. The summed E-state index contributed by atoms with van der Waals surface area (Å²) in [5, 5.41) is 6.83. The zero-order chi connectivity index (χ0) is 22.5. The maximum absolute atomic E-state index is 12.9. The van der Waals surface area contributed by atoms with Crippen LogP contribution in [0.15, 0.2) is 47.2 Å². The van der Waals surface area contributed by atoms with Crippen LogP contribution in [0.5, 0.6) is 5.75 Å². The molecule has 32 heavy (non-hydrogen) atoms. The topological polar surface area (TPSA) is 94.6 Å². The Morgan fingerprint density at radius 3 is 2.81 bits per heavy atom. The van der Waals surface area contributed by atoms with Crippen LogP contribution in [-0.2, 0) is 0 Å². The molecule has 8 nitrogen and oxygen atoms in total. The first-order valence-electron chi connectivity index (χ1n) is 9.76. The van der Waals surface area contributed by atoms with Gasteiger partial charge < -0.3 is 14.6 Å². The minimum Gasteiger partial charge on any atom is -0.406 e. The number of nitrogens with one attached hydrogen (secondary N) is 1.